The summed E-state index contributed by atoms with van der Waals surface area (Å²) in [4.78, 5) is 13.1. The van der Waals surface area contributed by atoms with Crippen molar-refractivity contribution in [3.05, 3.63) is 0 Å². The molecule has 10 heteroatoms. The minimum atomic E-state index is -1.57. The Bertz CT molecular complexity index is 929. The van der Waals surface area contributed by atoms with Crippen molar-refractivity contribution in [3.63, 3.8) is 0 Å². The van der Waals surface area contributed by atoms with Gasteiger partial charge in [0, 0.05) is 6.42 Å². The molecule has 1 fully saturated rings. The molecule has 1 saturated heterocycles. The van der Waals surface area contributed by atoms with Gasteiger partial charge in [0.15, 0.2) is 6.29 Å². The number of ether oxygens (including phenoxy) is 2. The monoisotopic (exact) mass is 857 g/mol. The smallest absolute Gasteiger partial charge is 0.220 e. The predicted octanol–water partition coefficient (Wildman–Crippen LogP) is 10.4. The van der Waals surface area contributed by atoms with Gasteiger partial charge < -0.3 is 46.1 Å². The molecule has 358 valence electrons. The fourth-order valence-corrected chi connectivity index (χ4v) is 8.66. The van der Waals surface area contributed by atoms with E-state index in [0.29, 0.717) is 12.8 Å². The summed E-state index contributed by atoms with van der Waals surface area (Å²) >= 11 is 0. The third-order valence-corrected chi connectivity index (χ3v) is 12.9. The lowest BCUT2D eigenvalue weighted by Gasteiger charge is -2.40. The molecule has 0 aromatic heterocycles. The molecule has 0 aromatic carbocycles. The molecule has 10 nitrogen and oxygen atoms in total. The quantitative estimate of drug-likeness (QED) is 0.0294. The highest BCUT2D eigenvalue weighted by Crippen LogP contribution is 2.23. The van der Waals surface area contributed by atoms with Crippen LogP contribution in [0.3, 0.4) is 0 Å². The van der Waals surface area contributed by atoms with E-state index in [0.717, 1.165) is 38.5 Å². The number of carbonyl (C=O) groups is 1. The van der Waals surface area contributed by atoms with E-state index in [2.05, 4.69) is 19.2 Å². The molecule has 0 bridgehead atoms. The number of amides is 1. The number of hydrogen-bond acceptors (Lipinski definition) is 9. The molecule has 8 N–H and O–H groups in total. The Morgan fingerprint density at radius 2 is 0.900 bits per heavy atom. The summed E-state index contributed by atoms with van der Waals surface area (Å²) < 4.78 is 11.3. The van der Waals surface area contributed by atoms with Crippen molar-refractivity contribution in [2.24, 2.45) is 5.73 Å². The molecule has 1 aliphatic heterocycles. The van der Waals surface area contributed by atoms with Gasteiger partial charge in [-0.15, -0.1) is 0 Å². The summed E-state index contributed by atoms with van der Waals surface area (Å²) in [5.41, 5.74) is 6.54. The summed E-state index contributed by atoms with van der Waals surface area (Å²) in [5.74, 6) is -0.172. The topological polar surface area (TPSA) is 175 Å². The first kappa shape index (κ1) is 57.2. The zero-order chi connectivity index (χ0) is 43.9. The van der Waals surface area contributed by atoms with E-state index in [1.807, 2.05) is 0 Å². The van der Waals surface area contributed by atoms with E-state index >= 15 is 0 Å². The zero-order valence-corrected chi connectivity index (χ0v) is 39.2. The van der Waals surface area contributed by atoms with Gasteiger partial charge in [-0.2, -0.15) is 0 Å². The lowest BCUT2D eigenvalue weighted by molar-refractivity contribution is -0.302. The molecule has 8 atom stereocenters. The molecular formula is C50H100N2O8. The van der Waals surface area contributed by atoms with Crippen molar-refractivity contribution < 1.29 is 39.8 Å². The van der Waals surface area contributed by atoms with Crippen molar-refractivity contribution in [3.8, 4) is 0 Å². The Morgan fingerprint density at radius 3 is 1.27 bits per heavy atom. The maximum absolute atomic E-state index is 13.1. The summed E-state index contributed by atoms with van der Waals surface area (Å²) in [6, 6.07) is -1.58. The van der Waals surface area contributed by atoms with Crippen LogP contribution in [0.15, 0.2) is 0 Å². The Hall–Kier alpha value is -0.850. The Balaban J connectivity index is 2.26. The van der Waals surface area contributed by atoms with Crippen LogP contribution in [0.2, 0.25) is 0 Å². The zero-order valence-electron chi connectivity index (χ0n) is 39.2. The van der Waals surface area contributed by atoms with Gasteiger partial charge in [0.25, 0.3) is 0 Å². The molecule has 1 aliphatic rings. The number of carbonyl (C=O) groups excluding carboxylic acids is 1. The van der Waals surface area contributed by atoms with Crippen LogP contribution >= 0.6 is 0 Å². The third kappa shape index (κ3) is 30.3. The second-order valence-electron chi connectivity index (χ2n) is 18.6. The Labute approximate surface area is 369 Å². The van der Waals surface area contributed by atoms with Gasteiger partial charge in [0.2, 0.25) is 5.91 Å². The third-order valence-electron chi connectivity index (χ3n) is 12.9. The molecule has 0 radical (unpaired) electrons. The number of rotatable bonds is 44. The maximum atomic E-state index is 13.1. The van der Waals surface area contributed by atoms with E-state index in [9.17, 15) is 30.3 Å². The van der Waals surface area contributed by atoms with Gasteiger partial charge in [-0.3, -0.25) is 4.79 Å². The molecular weight excluding hydrogens is 757 g/mol. The molecule has 0 unspecified atom stereocenters. The summed E-state index contributed by atoms with van der Waals surface area (Å²) in [6.45, 7) is 3.79. The first-order valence-electron chi connectivity index (χ1n) is 25.9. The molecule has 1 amide bonds. The van der Waals surface area contributed by atoms with Crippen LogP contribution in [0, 0.1) is 0 Å². The predicted molar refractivity (Wildman–Crippen MR) is 248 cm³/mol. The fraction of sp³-hybridized carbons (Fsp3) is 0.980. The summed E-state index contributed by atoms with van der Waals surface area (Å²) in [7, 11) is 0. The van der Waals surface area contributed by atoms with Crippen LogP contribution in [-0.2, 0) is 14.3 Å². The largest absolute Gasteiger partial charge is 0.394 e. The van der Waals surface area contributed by atoms with Crippen molar-refractivity contribution in [1.82, 2.24) is 5.32 Å². The Kier molecular flexibility index (Phi) is 39.0. The molecule has 0 saturated carbocycles. The van der Waals surface area contributed by atoms with Crippen molar-refractivity contribution in [1.29, 1.82) is 0 Å². The van der Waals surface area contributed by atoms with Crippen LogP contribution in [-0.4, -0.2) is 93.5 Å². The van der Waals surface area contributed by atoms with Crippen LogP contribution < -0.4 is 11.1 Å². The van der Waals surface area contributed by atoms with E-state index in [4.69, 9.17) is 15.2 Å². The lowest BCUT2D eigenvalue weighted by atomic mass is 9.97. The number of nitrogens with two attached hydrogens (primary N) is 1. The molecule has 1 rings (SSSR count). The van der Waals surface area contributed by atoms with Crippen LogP contribution in [0.5, 0.6) is 0 Å². The van der Waals surface area contributed by atoms with E-state index in [1.54, 1.807) is 0 Å². The highest BCUT2D eigenvalue weighted by molar-refractivity contribution is 5.76. The van der Waals surface area contributed by atoms with Crippen LogP contribution in [0.4, 0.5) is 0 Å². The first-order valence-corrected chi connectivity index (χ1v) is 25.9. The molecule has 0 aromatic rings. The first-order chi connectivity index (χ1) is 29.3. The molecule has 1 heterocycles. The number of nitrogens with one attached hydrogen (secondary N) is 1. The Morgan fingerprint density at radius 1 is 0.550 bits per heavy atom. The SMILES string of the molecule is CCCCCCCCCCCCCCCCCCCCCCCCCC(=O)N[C@H](CO[C@H]1O[C@H](CO)[C@H](O)[C@H](O)[C@H]1O)[C@@H](N)[C@H](O)CCCCCCCCCCCCCC. The van der Waals surface area contributed by atoms with E-state index in [-0.39, 0.29) is 12.5 Å². The maximum Gasteiger partial charge on any atom is 0.220 e. The van der Waals surface area contributed by atoms with Crippen LogP contribution in [0.1, 0.15) is 251 Å². The minimum absolute atomic E-state index is 0.172. The van der Waals surface area contributed by atoms with Gasteiger partial charge in [-0.1, -0.05) is 232 Å². The van der Waals surface area contributed by atoms with Crippen LogP contribution in [0.25, 0.3) is 0 Å². The number of aliphatic hydroxyl groups is 5. The second-order valence-corrected chi connectivity index (χ2v) is 18.6. The molecule has 60 heavy (non-hydrogen) atoms. The highest BCUT2D eigenvalue weighted by atomic mass is 16.7. The normalized spacial score (nSPS) is 21.0. The van der Waals surface area contributed by atoms with Gasteiger partial charge in [-0.25, -0.2) is 0 Å². The summed E-state index contributed by atoms with van der Waals surface area (Å²) in [6.07, 6.45) is 37.9. The van der Waals surface area contributed by atoms with Crippen molar-refractivity contribution >= 4 is 5.91 Å². The van der Waals surface area contributed by atoms with E-state index < -0.39 is 55.5 Å². The summed E-state index contributed by atoms with van der Waals surface area (Å²) in [5, 5.41) is 54.4. The lowest BCUT2D eigenvalue weighted by Crippen LogP contribution is -2.61. The fourth-order valence-electron chi connectivity index (χ4n) is 8.66. The second kappa shape index (κ2) is 40.9. The average molecular weight is 857 g/mol. The molecule has 0 aliphatic carbocycles. The van der Waals surface area contributed by atoms with Gasteiger partial charge in [0.1, 0.15) is 24.4 Å². The van der Waals surface area contributed by atoms with E-state index in [1.165, 1.54) is 186 Å². The number of aliphatic hydroxyl groups excluding tert-OH is 5. The standard InChI is InChI=1S/C50H100N2O8/c1-3-5-7-9-11-13-15-17-18-19-20-21-22-23-24-25-26-27-29-31-33-35-37-39-45(55)52-42(41-59-50-49(58)48(57)47(56)44(40-53)60-50)46(51)43(54)38-36-34-32-30-28-16-14-12-10-8-6-4-2/h42-44,46-50,53-54,56-58H,3-41,51H2,1-2H3,(H,52,55)/t42-,43-,44-,46-,47+,48+,49-,50+/m1/s1. The van der Waals surface area contributed by atoms with Crippen molar-refractivity contribution in [2.75, 3.05) is 13.2 Å². The average Bonchev–Trinajstić information content (AvgIpc) is 3.25. The number of hydrogen-bond donors (Lipinski definition) is 7. The van der Waals surface area contributed by atoms with Crippen molar-refractivity contribution in [2.45, 2.75) is 300 Å². The molecule has 0 spiro atoms. The van der Waals surface area contributed by atoms with Gasteiger partial charge >= 0.3 is 0 Å². The minimum Gasteiger partial charge on any atom is -0.394 e. The number of unbranched alkanes of at least 4 members (excludes halogenated alkanes) is 33. The highest BCUT2D eigenvalue weighted by Gasteiger charge is 2.44. The van der Waals surface area contributed by atoms with Gasteiger partial charge in [-0.05, 0) is 12.8 Å². The van der Waals surface area contributed by atoms with Gasteiger partial charge in [0.05, 0.1) is 31.4 Å².